The molecule has 19 aromatic rings. The molecule has 0 aliphatic rings. The molecule has 0 atom stereocenters. The molecule has 0 radical (unpaired) electrons. The van der Waals surface area contributed by atoms with Crippen molar-refractivity contribution in [2.45, 2.75) is 0 Å². The van der Waals surface area contributed by atoms with Crippen LogP contribution in [0.1, 0.15) is 11.1 Å². The van der Waals surface area contributed by atoms with E-state index in [0.717, 1.165) is 142 Å². The maximum atomic E-state index is 13.1. The quantitative estimate of drug-likeness (QED) is 0.166. The number of hydrogen-bond acceptors (Lipinski definition) is 2. The SMILES string of the molecule is N#Cc1c(-n2c3ccccc3c3ccccc32)c(-n2c3ccccc3c3cc4c(cc32)c2ccccc2n4-c2ccccc2)c(C#N)c(-n2c3ccccc3c3ccccc32)c1-n1c2ccccc2c2cc3c(cc21)c1ccccc1n3-c1ccccc1. The maximum absolute atomic E-state index is 13.1. The van der Waals surface area contributed by atoms with Gasteiger partial charge >= 0.3 is 0 Å². The van der Waals surface area contributed by atoms with Crippen LogP contribution in [-0.2, 0) is 0 Å². The van der Waals surface area contributed by atoms with Gasteiger partial charge in [-0.2, -0.15) is 10.5 Å². The van der Waals surface area contributed by atoms with Crippen molar-refractivity contribution >= 4 is 131 Å². The highest BCUT2D eigenvalue weighted by molar-refractivity contribution is 6.22. The molecule has 0 N–H and O–H groups in total. The zero-order valence-electron chi connectivity index (χ0n) is 47.1. The van der Waals surface area contributed by atoms with Crippen LogP contribution in [0.4, 0.5) is 0 Å². The average molecular weight is 1120 g/mol. The van der Waals surface area contributed by atoms with Crippen LogP contribution < -0.4 is 0 Å². The zero-order valence-corrected chi connectivity index (χ0v) is 47.1. The van der Waals surface area contributed by atoms with E-state index < -0.39 is 0 Å². The van der Waals surface area contributed by atoms with Gasteiger partial charge in [-0.25, -0.2) is 0 Å². The Bertz CT molecular complexity index is 5830. The number of nitrogens with zero attached hydrogens (tertiary/aromatic N) is 8. The summed E-state index contributed by atoms with van der Waals surface area (Å²) >= 11 is 0. The molecule has 8 heteroatoms. The van der Waals surface area contributed by atoms with E-state index >= 15 is 0 Å². The minimum absolute atomic E-state index is 0.402. The molecule has 6 aromatic heterocycles. The first kappa shape index (κ1) is 48.1. The molecule has 0 fully saturated rings. The minimum atomic E-state index is 0.402. The summed E-state index contributed by atoms with van der Waals surface area (Å²) in [5.41, 5.74) is 16.9. The smallest absolute Gasteiger partial charge is 0.104 e. The van der Waals surface area contributed by atoms with Crippen molar-refractivity contribution in [3.63, 3.8) is 0 Å². The highest BCUT2D eigenvalue weighted by Gasteiger charge is 2.35. The van der Waals surface area contributed by atoms with Gasteiger partial charge in [0.25, 0.3) is 0 Å². The summed E-state index contributed by atoms with van der Waals surface area (Å²) in [7, 11) is 0. The first-order chi connectivity index (χ1) is 43.7. The van der Waals surface area contributed by atoms with Gasteiger partial charge in [-0.05, 0) is 97.1 Å². The van der Waals surface area contributed by atoms with Crippen LogP contribution in [0.2, 0.25) is 0 Å². The van der Waals surface area contributed by atoms with Gasteiger partial charge in [0.05, 0.1) is 88.9 Å². The second-order valence-electron chi connectivity index (χ2n) is 23.0. The van der Waals surface area contributed by atoms with Crippen LogP contribution in [0.5, 0.6) is 0 Å². The normalized spacial score (nSPS) is 12.1. The molecule has 0 saturated carbocycles. The van der Waals surface area contributed by atoms with E-state index in [4.69, 9.17) is 0 Å². The number of nitriles is 2. The van der Waals surface area contributed by atoms with Crippen molar-refractivity contribution in [2.24, 2.45) is 0 Å². The number of fused-ring (bicyclic) bond motifs is 18. The lowest BCUT2D eigenvalue weighted by atomic mass is 9.98. The largest absolute Gasteiger partial charge is 0.309 e. The number of aromatic nitrogens is 6. The van der Waals surface area contributed by atoms with Crippen LogP contribution in [0.15, 0.2) is 279 Å². The molecule has 0 aliphatic heterocycles. The molecule has 88 heavy (non-hydrogen) atoms. The second kappa shape index (κ2) is 18.1. The fourth-order valence-electron chi connectivity index (χ4n) is 15.2. The van der Waals surface area contributed by atoms with E-state index in [1.165, 1.54) is 0 Å². The fourth-order valence-corrected chi connectivity index (χ4v) is 15.2. The number of para-hydroxylation sites is 10. The van der Waals surface area contributed by atoms with E-state index in [1.54, 1.807) is 0 Å². The monoisotopic (exact) mass is 1120 g/mol. The van der Waals surface area contributed by atoms with Gasteiger partial charge < -0.3 is 27.4 Å². The molecule has 13 aromatic carbocycles. The maximum Gasteiger partial charge on any atom is 0.104 e. The molecule has 406 valence electrons. The van der Waals surface area contributed by atoms with E-state index in [-0.39, 0.29) is 0 Å². The molecule has 8 nitrogen and oxygen atoms in total. The summed E-state index contributed by atoms with van der Waals surface area (Å²) in [6.45, 7) is 0. The van der Waals surface area contributed by atoms with Crippen molar-refractivity contribution < 1.29 is 0 Å². The Morgan fingerprint density at radius 1 is 0.182 bits per heavy atom. The Hall–Kier alpha value is -12.4. The molecule has 0 spiro atoms. The highest BCUT2D eigenvalue weighted by atomic mass is 15.1. The Labute approximate surface area is 502 Å². The standard InChI is InChI=1S/C80H46N8/c81-47-63-78(86-69-39-19-9-29-53(69)54-30-10-20-40-70(54)86)80(88-72-42-22-14-34-58(72)62-44-74-60(46-76(62)88)56-32-12-16-36-66(56)84(74)50-25-5-2-6-26-50)64(48-82)77(85-67-37-17-7-27-51(67)52-28-8-18-38-68(52)85)79(63)87-71-41-21-13-33-57(71)61-43-73-59(45-75(61)87)55-31-11-15-35-65(55)83(73)49-23-3-1-4-24-49/h1-46H. The molecule has 19 rings (SSSR count). The molecule has 0 amide bonds. The lowest BCUT2D eigenvalue weighted by molar-refractivity contribution is 1.02. The van der Waals surface area contributed by atoms with Gasteiger partial charge in [0, 0.05) is 76.0 Å². The topological polar surface area (TPSA) is 77.2 Å². The molecule has 0 bridgehead atoms. The van der Waals surface area contributed by atoms with Gasteiger partial charge in [0.1, 0.15) is 23.3 Å². The fraction of sp³-hybridized carbons (Fsp3) is 0. The zero-order chi connectivity index (χ0) is 57.9. The van der Waals surface area contributed by atoms with Crippen molar-refractivity contribution in [3.05, 3.63) is 290 Å². The van der Waals surface area contributed by atoms with Gasteiger partial charge in [0.2, 0.25) is 0 Å². The van der Waals surface area contributed by atoms with Gasteiger partial charge in [0.15, 0.2) is 0 Å². The van der Waals surface area contributed by atoms with Crippen LogP contribution in [-0.4, -0.2) is 27.4 Å². The van der Waals surface area contributed by atoms with Gasteiger partial charge in [-0.1, -0.05) is 182 Å². The van der Waals surface area contributed by atoms with Crippen LogP contribution in [0.3, 0.4) is 0 Å². The Balaban J connectivity index is 1.08. The van der Waals surface area contributed by atoms with Crippen molar-refractivity contribution in [3.8, 4) is 46.3 Å². The van der Waals surface area contributed by atoms with Crippen LogP contribution >= 0.6 is 0 Å². The Morgan fingerprint density at radius 2 is 0.364 bits per heavy atom. The Kier molecular flexibility index (Phi) is 9.87. The van der Waals surface area contributed by atoms with Crippen molar-refractivity contribution in [1.82, 2.24) is 27.4 Å². The van der Waals surface area contributed by atoms with Crippen LogP contribution in [0, 0.1) is 22.7 Å². The molecule has 6 heterocycles. The lowest BCUT2D eigenvalue weighted by Crippen LogP contribution is -2.16. The number of hydrogen-bond donors (Lipinski definition) is 0. The lowest BCUT2D eigenvalue weighted by Gasteiger charge is -2.27. The van der Waals surface area contributed by atoms with E-state index in [1.807, 2.05) is 0 Å². The molecular formula is C80H46N8. The second-order valence-corrected chi connectivity index (χ2v) is 23.0. The third kappa shape index (κ3) is 6.34. The summed E-state index contributed by atoms with van der Waals surface area (Å²) in [6.07, 6.45) is 0. The predicted octanol–water partition coefficient (Wildman–Crippen LogP) is 20.0. The van der Waals surface area contributed by atoms with Gasteiger partial charge in [-0.15, -0.1) is 0 Å². The minimum Gasteiger partial charge on any atom is -0.309 e. The first-order valence-corrected chi connectivity index (χ1v) is 29.7. The predicted molar refractivity (Wildman–Crippen MR) is 362 cm³/mol. The molecule has 0 saturated heterocycles. The first-order valence-electron chi connectivity index (χ1n) is 29.7. The number of rotatable bonds is 6. The van der Waals surface area contributed by atoms with Crippen molar-refractivity contribution in [2.75, 3.05) is 0 Å². The summed E-state index contributed by atoms with van der Waals surface area (Å²) in [5.74, 6) is 0. The third-order valence-electron chi connectivity index (χ3n) is 18.6. The highest BCUT2D eigenvalue weighted by Crippen LogP contribution is 2.50. The molecule has 0 unspecified atom stereocenters. The van der Waals surface area contributed by atoms with E-state index in [2.05, 4.69) is 319 Å². The van der Waals surface area contributed by atoms with Gasteiger partial charge in [-0.3, -0.25) is 0 Å². The summed E-state index contributed by atoms with van der Waals surface area (Å²) in [6, 6.07) is 105. The Morgan fingerprint density at radius 3 is 0.602 bits per heavy atom. The average Bonchev–Trinajstić information content (AvgIpc) is 1.48. The molecule has 0 aliphatic carbocycles. The third-order valence-corrected chi connectivity index (χ3v) is 18.6. The summed E-state index contributed by atoms with van der Waals surface area (Å²) in [5, 5.41) is 38.7. The van der Waals surface area contributed by atoms with E-state index in [0.29, 0.717) is 33.9 Å². The van der Waals surface area contributed by atoms with Crippen molar-refractivity contribution in [1.29, 1.82) is 10.5 Å². The number of benzene rings is 13. The van der Waals surface area contributed by atoms with E-state index in [9.17, 15) is 10.5 Å². The summed E-state index contributed by atoms with van der Waals surface area (Å²) in [4.78, 5) is 0. The van der Waals surface area contributed by atoms with Crippen LogP contribution in [0.25, 0.3) is 165 Å². The summed E-state index contributed by atoms with van der Waals surface area (Å²) < 4.78 is 13.9. The molecular weight excluding hydrogens is 1070 g/mol.